The van der Waals surface area contributed by atoms with Crippen LogP contribution in [0.4, 0.5) is 4.79 Å². The fourth-order valence-corrected chi connectivity index (χ4v) is 1.35. The lowest BCUT2D eigenvalue weighted by atomic mass is 10.2. The fraction of sp³-hybridized carbons (Fsp3) is 0.462. The van der Waals surface area contributed by atoms with Crippen molar-refractivity contribution in [3.63, 3.8) is 0 Å². The van der Waals surface area contributed by atoms with Crippen molar-refractivity contribution >= 4 is 17.7 Å². The first-order valence-electron chi connectivity index (χ1n) is 5.66. The number of nitrogens with one attached hydrogen (secondary N) is 1. The number of halogens is 1. The number of hydrogen-bond acceptors (Lipinski definition) is 3. The summed E-state index contributed by atoms with van der Waals surface area (Å²) in [6.07, 6.45) is -0.424. The minimum atomic E-state index is -0.474. The lowest BCUT2D eigenvalue weighted by Gasteiger charge is -2.19. The number of amides is 1. The number of nitrogens with two attached hydrogens (primary N) is 1. The summed E-state index contributed by atoms with van der Waals surface area (Å²) in [5.74, 6) is 0. The Hall–Kier alpha value is -1.26. The van der Waals surface area contributed by atoms with E-state index in [1.165, 1.54) is 7.05 Å². The van der Waals surface area contributed by atoms with E-state index in [1.54, 1.807) is 12.1 Å². The van der Waals surface area contributed by atoms with Crippen molar-refractivity contribution in [3.8, 4) is 0 Å². The molecule has 1 amide bonds. The summed E-state index contributed by atoms with van der Waals surface area (Å²) in [5, 5.41) is 3.32. The maximum atomic E-state index is 11.4. The van der Waals surface area contributed by atoms with Crippen LogP contribution in [0.25, 0.3) is 0 Å². The van der Waals surface area contributed by atoms with Crippen LogP contribution in [0.5, 0.6) is 0 Å². The van der Waals surface area contributed by atoms with Gasteiger partial charge in [0.05, 0.1) is 0 Å². The smallest absolute Gasteiger partial charge is 0.407 e. The average Bonchev–Trinajstić information content (AvgIpc) is 2.27. The molecule has 0 saturated heterocycles. The predicted molar refractivity (Wildman–Crippen MR) is 74.6 cm³/mol. The minimum Gasteiger partial charge on any atom is -0.444 e. The zero-order valence-electron chi connectivity index (χ0n) is 11.3. The normalized spacial score (nSPS) is 10.1. The zero-order valence-corrected chi connectivity index (χ0v) is 12.0. The van der Waals surface area contributed by atoms with Crippen molar-refractivity contribution in [2.75, 3.05) is 7.05 Å². The van der Waals surface area contributed by atoms with E-state index >= 15 is 0 Å². The van der Waals surface area contributed by atoms with Gasteiger partial charge in [0.1, 0.15) is 5.60 Å². The topological polar surface area (TPSA) is 64.3 Å². The monoisotopic (exact) mass is 272 g/mol. The molecule has 102 valence electrons. The van der Waals surface area contributed by atoms with Gasteiger partial charge in [-0.1, -0.05) is 23.7 Å². The summed E-state index contributed by atoms with van der Waals surface area (Å²) in [5.41, 5.74) is 4.97. The molecule has 0 spiro atoms. The van der Waals surface area contributed by atoms with Crippen LogP contribution in [0, 0.1) is 0 Å². The first-order chi connectivity index (χ1) is 8.37. The molecule has 1 rings (SSSR count). The third-order valence-electron chi connectivity index (χ3n) is 1.72. The van der Waals surface area contributed by atoms with Crippen LogP contribution in [0.15, 0.2) is 24.3 Å². The quantitative estimate of drug-likeness (QED) is 0.870. The number of alkyl carbamates (subject to hydrolysis) is 1. The Morgan fingerprint density at radius 1 is 1.39 bits per heavy atom. The van der Waals surface area contributed by atoms with E-state index in [1.807, 2.05) is 32.9 Å². The van der Waals surface area contributed by atoms with E-state index in [0.29, 0.717) is 11.6 Å². The Bertz CT molecular complexity index is 375. The van der Waals surface area contributed by atoms with Crippen LogP contribution >= 0.6 is 11.6 Å². The summed E-state index contributed by atoms with van der Waals surface area (Å²) < 4.78 is 5.11. The fourth-order valence-electron chi connectivity index (χ4n) is 1.14. The molecule has 0 aliphatic carbocycles. The molecular weight excluding hydrogens is 252 g/mol. The van der Waals surface area contributed by atoms with E-state index in [0.717, 1.165) is 5.56 Å². The van der Waals surface area contributed by atoms with Gasteiger partial charge in [0, 0.05) is 11.6 Å². The van der Waals surface area contributed by atoms with Crippen LogP contribution in [-0.2, 0) is 11.3 Å². The van der Waals surface area contributed by atoms with Gasteiger partial charge in [0.15, 0.2) is 0 Å². The molecule has 0 heterocycles. The van der Waals surface area contributed by atoms with Gasteiger partial charge < -0.3 is 15.8 Å². The van der Waals surface area contributed by atoms with Crippen LogP contribution in [0.3, 0.4) is 0 Å². The number of rotatable bonds is 2. The van der Waals surface area contributed by atoms with Crippen molar-refractivity contribution in [1.82, 2.24) is 5.32 Å². The molecule has 0 fully saturated rings. The predicted octanol–water partition coefficient (Wildman–Crippen LogP) is 2.94. The van der Waals surface area contributed by atoms with Crippen molar-refractivity contribution in [3.05, 3.63) is 34.9 Å². The average molecular weight is 273 g/mol. The molecular formula is C13H21ClN2O2. The Morgan fingerprint density at radius 3 is 2.50 bits per heavy atom. The molecule has 0 atom stereocenters. The number of carbonyl (C=O) groups excluding carboxylic acids is 1. The van der Waals surface area contributed by atoms with Gasteiger partial charge in [0.2, 0.25) is 0 Å². The van der Waals surface area contributed by atoms with Gasteiger partial charge >= 0.3 is 6.09 Å². The summed E-state index contributed by atoms with van der Waals surface area (Å²) in [7, 11) is 1.50. The Labute approximate surface area is 113 Å². The maximum Gasteiger partial charge on any atom is 0.407 e. The molecule has 0 aliphatic heterocycles. The van der Waals surface area contributed by atoms with E-state index in [-0.39, 0.29) is 0 Å². The lowest BCUT2D eigenvalue weighted by Crippen LogP contribution is -2.32. The molecule has 0 aromatic heterocycles. The number of hydrogen-bond donors (Lipinski definition) is 2. The van der Waals surface area contributed by atoms with Gasteiger partial charge in [-0.2, -0.15) is 0 Å². The first-order valence-corrected chi connectivity index (χ1v) is 6.04. The van der Waals surface area contributed by atoms with Gasteiger partial charge in [-0.25, -0.2) is 4.79 Å². The molecule has 0 saturated carbocycles. The summed E-state index contributed by atoms with van der Waals surface area (Å²) in [6.45, 7) is 5.89. The number of benzene rings is 1. The molecule has 0 radical (unpaired) electrons. The summed E-state index contributed by atoms with van der Waals surface area (Å²) >= 11 is 5.82. The molecule has 18 heavy (non-hydrogen) atoms. The van der Waals surface area contributed by atoms with Crippen molar-refractivity contribution in [2.24, 2.45) is 5.73 Å². The van der Waals surface area contributed by atoms with E-state index < -0.39 is 11.7 Å². The highest BCUT2D eigenvalue weighted by Gasteiger charge is 2.15. The standard InChI is InChI=1S/C12H16ClNO2.CH5N/c1-12(2,3)16-11(15)14-8-9-5-4-6-10(13)7-9;1-2/h4-7H,8H2,1-3H3,(H,14,15);2H2,1H3. The molecule has 4 nitrogen and oxygen atoms in total. The summed E-state index contributed by atoms with van der Waals surface area (Å²) in [6, 6.07) is 7.33. The maximum absolute atomic E-state index is 11.4. The van der Waals surface area contributed by atoms with Gasteiger partial charge in [-0.05, 0) is 45.5 Å². The van der Waals surface area contributed by atoms with Crippen LogP contribution in [-0.4, -0.2) is 18.7 Å². The molecule has 1 aromatic rings. The second-order valence-electron chi connectivity index (χ2n) is 4.49. The first kappa shape index (κ1) is 16.7. The van der Waals surface area contributed by atoms with Crippen molar-refractivity contribution < 1.29 is 9.53 Å². The van der Waals surface area contributed by atoms with Crippen molar-refractivity contribution in [2.45, 2.75) is 32.9 Å². The number of ether oxygens (including phenoxy) is 1. The highest BCUT2D eigenvalue weighted by Crippen LogP contribution is 2.11. The Morgan fingerprint density at radius 2 is 2.00 bits per heavy atom. The van der Waals surface area contributed by atoms with Gasteiger partial charge in [0.25, 0.3) is 0 Å². The second kappa shape index (κ2) is 7.95. The van der Waals surface area contributed by atoms with Crippen LogP contribution < -0.4 is 11.1 Å². The van der Waals surface area contributed by atoms with E-state index in [9.17, 15) is 4.79 Å². The summed E-state index contributed by atoms with van der Waals surface area (Å²) in [4.78, 5) is 11.4. The highest BCUT2D eigenvalue weighted by molar-refractivity contribution is 6.30. The third kappa shape index (κ3) is 7.92. The molecule has 0 aliphatic rings. The van der Waals surface area contributed by atoms with Gasteiger partial charge in [-0.3, -0.25) is 0 Å². The van der Waals surface area contributed by atoms with E-state index in [4.69, 9.17) is 16.3 Å². The third-order valence-corrected chi connectivity index (χ3v) is 1.96. The molecule has 0 unspecified atom stereocenters. The van der Waals surface area contributed by atoms with E-state index in [2.05, 4.69) is 11.1 Å². The van der Waals surface area contributed by atoms with Gasteiger partial charge in [-0.15, -0.1) is 0 Å². The Kier molecular flexibility index (Phi) is 7.39. The molecule has 5 heteroatoms. The minimum absolute atomic E-state index is 0.412. The van der Waals surface area contributed by atoms with Crippen LogP contribution in [0.1, 0.15) is 26.3 Å². The zero-order chi connectivity index (χ0) is 14.2. The van der Waals surface area contributed by atoms with Crippen LogP contribution in [0.2, 0.25) is 5.02 Å². The second-order valence-corrected chi connectivity index (χ2v) is 4.92. The lowest BCUT2D eigenvalue weighted by molar-refractivity contribution is 0.0523. The molecule has 1 aromatic carbocycles. The van der Waals surface area contributed by atoms with Crippen molar-refractivity contribution in [1.29, 1.82) is 0 Å². The highest BCUT2D eigenvalue weighted by atomic mass is 35.5. The Balaban J connectivity index is 0.00000137. The SMILES string of the molecule is CC(C)(C)OC(=O)NCc1cccc(Cl)c1.CN. The molecule has 3 N–H and O–H groups in total. The largest absolute Gasteiger partial charge is 0.444 e. The number of carbonyl (C=O) groups is 1. The molecule has 0 bridgehead atoms.